The molecule has 0 saturated carbocycles. The van der Waals surface area contributed by atoms with E-state index in [1.807, 2.05) is 0 Å². The van der Waals surface area contributed by atoms with Crippen LogP contribution >= 0.6 is 0 Å². The van der Waals surface area contributed by atoms with Crippen molar-refractivity contribution in [2.75, 3.05) is 19.7 Å². The fraction of sp³-hybridized carbons (Fsp3) is 0.438. The van der Waals surface area contributed by atoms with Crippen molar-refractivity contribution in [3.8, 4) is 18.1 Å². The fourth-order valence-corrected chi connectivity index (χ4v) is 1.69. The van der Waals surface area contributed by atoms with Crippen LogP contribution in [0.5, 0.6) is 5.75 Å². The Morgan fingerprint density at radius 2 is 2.24 bits per heavy atom. The predicted octanol–water partition coefficient (Wildman–Crippen LogP) is 1.70. The topological polar surface area (TPSA) is 50.4 Å². The number of halogens is 1. The Balaban J connectivity index is 2.63. The van der Waals surface area contributed by atoms with Crippen LogP contribution in [0.1, 0.15) is 19.4 Å². The molecule has 0 spiro atoms. The maximum Gasteiger partial charge on any atom is 0.258 e. The van der Waals surface area contributed by atoms with E-state index < -0.39 is 5.82 Å². The van der Waals surface area contributed by atoms with E-state index in [1.54, 1.807) is 12.1 Å². The first kappa shape index (κ1) is 17.0. The summed E-state index contributed by atoms with van der Waals surface area (Å²) in [6.45, 7) is 5.34. The average Bonchev–Trinajstić information content (AvgIpc) is 2.44. The molecule has 0 aliphatic carbocycles. The predicted molar refractivity (Wildman–Crippen MR) is 80.3 cm³/mol. The van der Waals surface area contributed by atoms with Crippen LogP contribution in [0.2, 0.25) is 0 Å². The third-order valence-electron chi connectivity index (χ3n) is 2.65. The van der Waals surface area contributed by atoms with Gasteiger partial charge >= 0.3 is 0 Å². The number of ether oxygens (including phenoxy) is 1. The number of hydrogen-bond acceptors (Lipinski definition) is 3. The molecule has 1 amide bonds. The molecule has 0 aromatic heterocycles. The Labute approximate surface area is 125 Å². The summed E-state index contributed by atoms with van der Waals surface area (Å²) in [5, 5.41) is 5.68. The molecule has 0 radical (unpaired) electrons. The van der Waals surface area contributed by atoms with Gasteiger partial charge in [-0.05, 0) is 18.5 Å². The highest BCUT2D eigenvalue weighted by molar-refractivity contribution is 5.77. The Bertz CT molecular complexity index is 509. The number of carbonyl (C=O) groups excluding carboxylic acids is 1. The lowest BCUT2D eigenvalue weighted by molar-refractivity contribution is -0.122. The van der Waals surface area contributed by atoms with Crippen molar-refractivity contribution in [2.45, 2.75) is 20.4 Å². The van der Waals surface area contributed by atoms with E-state index >= 15 is 0 Å². The van der Waals surface area contributed by atoms with Gasteiger partial charge in [-0.15, -0.1) is 6.42 Å². The lowest BCUT2D eigenvalue weighted by Crippen LogP contribution is -2.29. The van der Waals surface area contributed by atoms with Crippen molar-refractivity contribution >= 4 is 5.91 Å². The second kappa shape index (κ2) is 8.98. The van der Waals surface area contributed by atoms with Crippen LogP contribution in [0.4, 0.5) is 4.39 Å². The molecule has 0 bridgehead atoms. The zero-order valence-corrected chi connectivity index (χ0v) is 12.4. The van der Waals surface area contributed by atoms with Crippen LogP contribution in [0.3, 0.4) is 0 Å². The number of nitrogens with one attached hydrogen (secondary N) is 2. The number of terminal acetylenes is 1. The lowest BCUT2D eigenvalue weighted by atomic mass is 10.1. The van der Waals surface area contributed by atoms with Crippen molar-refractivity contribution in [1.82, 2.24) is 10.6 Å². The van der Waals surface area contributed by atoms with Gasteiger partial charge in [0, 0.05) is 12.1 Å². The van der Waals surface area contributed by atoms with Gasteiger partial charge in [0.25, 0.3) is 5.91 Å². The van der Waals surface area contributed by atoms with E-state index in [0.29, 0.717) is 18.0 Å². The van der Waals surface area contributed by atoms with Crippen molar-refractivity contribution in [3.05, 3.63) is 29.6 Å². The van der Waals surface area contributed by atoms with E-state index in [-0.39, 0.29) is 24.8 Å². The van der Waals surface area contributed by atoms with E-state index in [9.17, 15) is 9.18 Å². The van der Waals surface area contributed by atoms with Crippen molar-refractivity contribution in [2.24, 2.45) is 5.92 Å². The Kier molecular flexibility index (Phi) is 7.27. The summed E-state index contributed by atoms with van der Waals surface area (Å²) in [5.74, 6) is 2.03. The monoisotopic (exact) mass is 292 g/mol. The van der Waals surface area contributed by atoms with Crippen LogP contribution in [-0.2, 0) is 11.3 Å². The number of para-hydroxylation sites is 1. The largest absolute Gasteiger partial charge is 0.480 e. The highest BCUT2D eigenvalue weighted by Gasteiger charge is 2.11. The standard InChI is InChI=1S/C16H21FN2O2/c1-4-8-19-15(20)11-21-16-13(6-5-7-14(16)17)10-18-9-12(2)3/h1,5-7,12,18H,8-11H2,2-3H3,(H,19,20). The van der Waals surface area contributed by atoms with E-state index in [2.05, 4.69) is 30.4 Å². The van der Waals surface area contributed by atoms with Gasteiger partial charge < -0.3 is 15.4 Å². The van der Waals surface area contributed by atoms with Gasteiger partial charge in [0.2, 0.25) is 0 Å². The second-order valence-electron chi connectivity index (χ2n) is 5.02. The molecule has 4 nitrogen and oxygen atoms in total. The number of amides is 1. The summed E-state index contributed by atoms with van der Waals surface area (Å²) in [5.41, 5.74) is 0.681. The van der Waals surface area contributed by atoms with Crippen molar-refractivity contribution in [1.29, 1.82) is 0 Å². The molecule has 0 fully saturated rings. The fourth-order valence-electron chi connectivity index (χ4n) is 1.69. The molecule has 114 valence electrons. The molecule has 1 aromatic rings. The van der Waals surface area contributed by atoms with Crippen LogP contribution in [0, 0.1) is 24.1 Å². The maximum atomic E-state index is 13.8. The third-order valence-corrected chi connectivity index (χ3v) is 2.65. The summed E-state index contributed by atoms with van der Waals surface area (Å²) in [4.78, 5) is 11.4. The smallest absolute Gasteiger partial charge is 0.258 e. The number of hydrogen-bond donors (Lipinski definition) is 2. The third kappa shape index (κ3) is 6.28. The van der Waals surface area contributed by atoms with Gasteiger partial charge in [-0.1, -0.05) is 31.9 Å². The summed E-state index contributed by atoms with van der Waals surface area (Å²) < 4.78 is 19.1. The average molecular weight is 292 g/mol. The van der Waals surface area contributed by atoms with Crippen molar-refractivity contribution < 1.29 is 13.9 Å². The zero-order chi connectivity index (χ0) is 15.7. The summed E-state index contributed by atoms with van der Waals surface area (Å²) >= 11 is 0. The molecule has 0 heterocycles. The molecular formula is C16H21FN2O2. The first-order valence-corrected chi connectivity index (χ1v) is 6.85. The molecular weight excluding hydrogens is 271 g/mol. The summed E-state index contributed by atoms with van der Waals surface area (Å²) in [6.07, 6.45) is 5.04. The van der Waals surface area contributed by atoms with E-state index in [4.69, 9.17) is 11.2 Å². The molecule has 21 heavy (non-hydrogen) atoms. The highest BCUT2D eigenvalue weighted by atomic mass is 19.1. The zero-order valence-electron chi connectivity index (χ0n) is 12.4. The van der Waals surface area contributed by atoms with Gasteiger partial charge in [-0.25, -0.2) is 4.39 Å². The maximum absolute atomic E-state index is 13.8. The first-order chi connectivity index (χ1) is 10.0. The van der Waals surface area contributed by atoms with Crippen LogP contribution in [0.15, 0.2) is 18.2 Å². The Morgan fingerprint density at radius 3 is 2.90 bits per heavy atom. The number of carbonyl (C=O) groups is 1. The minimum atomic E-state index is -0.483. The van der Waals surface area contributed by atoms with E-state index in [1.165, 1.54) is 6.07 Å². The molecule has 0 aliphatic rings. The quantitative estimate of drug-likeness (QED) is 0.717. The SMILES string of the molecule is C#CCNC(=O)COc1c(F)cccc1CNCC(C)C. The van der Waals surface area contributed by atoms with Crippen molar-refractivity contribution in [3.63, 3.8) is 0 Å². The Morgan fingerprint density at radius 1 is 1.48 bits per heavy atom. The van der Waals surface area contributed by atoms with Crippen LogP contribution in [-0.4, -0.2) is 25.6 Å². The molecule has 0 aliphatic heterocycles. The van der Waals surface area contributed by atoms with Crippen LogP contribution in [0.25, 0.3) is 0 Å². The van der Waals surface area contributed by atoms with Gasteiger partial charge in [0.05, 0.1) is 6.54 Å². The summed E-state index contributed by atoms with van der Waals surface area (Å²) in [6, 6.07) is 4.69. The lowest BCUT2D eigenvalue weighted by Gasteiger charge is -2.13. The molecule has 0 saturated heterocycles. The van der Waals surface area contributed by atoms with Gasteiger partial charge in [-0.2, -0.15) is 0 Å². The molecule has 1 aromatic carbocycles. The molecule has 0 unspecified atom stereocenters. The minimum absolute atomic E-state index is 0.101. The van der Waals surface area contributed by atoms with Gasteiger partial charge in [0.15, 0.2) is 18.2 Å². The van der Waals surface area contributed by atoms with Gasteiger partial charge in [0.1, 0.15) is 0 Å². The van der Waals surface area contributed by atoms with Gasteiger partial charge in [-0.3, -0.25) is 4.79 Å². The second-order valence-corrected chi connectivity index (χ2v) is 5.02. The minimum Gasteiger partial charge on any atom is -0.480 e. The molecule has 2 N–H and O–H groups in total. The first-order valence-electron chi connectivity index (χ1n) is 6.85. The van der Waals surface area contributed by atoms with E-state index in [0.717, 1.165) is 6.54 Å². The van der Waals surface area contributed by atoms with Crippen LogP contribution < -0.4 is 15.4 Å². The molecule has 5 heteroatoms. The Hall–Kier alpha value is -2.06. The number of rotatable bonds is 8. The molecule has 1 rings (SSSR count). The number of benzene rings is 1. The summed E-state index contributed by atoms with van der Waals surface area (Å²) in [7, 11) is 0. The molecule has 0 atom stereocenters. The highest BCUT2D eigenvalue weighted by Crippen LogP contribution is 2.22. The normalized spacial score (nSPS) is 10.2.